The molecule has 2 nitrogen and oxygen atoms in total. The van der Waals surface area contributed by atoms with E-state index < -0.39 is 5.82 Å². The van der Waals surface area contributed by atoms with E-state index in [0.29, 0.717) is 5.56 Å². The van der Waals surface area contributed by atoms with Gasteiger partial charge in [0.2, 0.25) is 5.69 Å². The molecule has 0 N–H and O–H groups in total. The van der Waals surface area contributed by atoms with Crippen molar-refractivity contribution in [3.05, 3.63) is 76.7 Å². The highest BCUT2D eigenvalue weighted by molar-refractivity contribution is 5.80. The van der Waals surface area contributed by atoms with Gasteiger partial charge in [-0.3, -0.25) is 0 Å². The zero-order chi connectivity index (χ0) is 18.1. The molecule has 3 heteroatoms. The number of aromatic nitrogens is 1. The number of hydrogen-bond donors (Lipinski definition) is 0. The van der Waals surface area contributed by atoms with Crippen molar-refractivity contribution < 1.29 is 8.96 Å². The largest absolute Gasteiger partial charge is 0.212 e. The molecule has 0 saturated carbocycles. The van der Waals surface area contributed by atoms with Crippen molar-refractivity contribution in [1.82, 2.24) is 0 Å². The van der Waals surface area contributed by atoms with Crippen LogP contribution in [0.2, 0.25) is 0 Å². The molecule has 0 aliphatic rings. The number of benzene rings is 2. The van der Waals surface area contributed by atoms with Gasteiger partial charge in [0.25, 0.3) is 0 Å². The first-order valence-electron chi connectivity index (χ1n) is 8.20. The first-order valence-corrected chi connectivity index (χ1v) is 8.20. The normalized spacial score (nSPS) is 10.6. The van der Waals surface area contributed by atoms with E-state index in [9.17, 15) is 9.65 Å². The molecule has 0 saturated heterocycles. The topological polar surface area (TPSA) is 27.7 Å². The van der Waals surface area contributed by atoms with Gasteiger partial charge in [0.05, 0.1) is 11.1 Å². The Morgan fingerprint density at radius 3 is 2.28 bits per heavy atom. The summed E-state index contributed by atoms with van der Waals surface area (Å²) in [5.41, 5.74) is 7.32. The minimum Gasteiger partial charge on any atom is -0.206 e. The Hall–Kier alpha value is -2.99. The summed E-state index contributed by atoms with van der Waals surface area (Å²) in [7, 11) is 2.03. The summed E-state index contributed by atoms with van der Waals surface area (Å²) in [6.45, 7) is 5.98. The molecule has 1 heterocycles. The van der Waals surface area contributed by atoms with E-state index in [1.54, 1.807) is 13.0 Å². The van der Waals surface area contributed by atoms with Crippen molar-refractivity contribution in [2.45, 2.75) is 20.8 Å². The fourth-order valence-electron chi connectivity index (χ4n) is 3.42. The molecule has 0 fully saturated rings. The van der Waals surface area contributed by atoms with Crippen LogP contribution in [0.1, 0.15) is 22.3 Å². The van der Waals surface area contributed by atoms with Crippen molar-refractivity contribution >= 4 is 0 Å². The van der Waals surface area contributed by atoms with E-state index in [1.165, 1.54) is 17.2 Å². The third kappa shape index (κ3) is 2.81. The lowest BCUT2D eigenvalue weighted by Crippen LogP contribution is -2.30. The minimum absolute atomic E-state index is 0.115. The molecular formula is C22H20FN2+. The molecule has 25 heavy (non-hydrogen) atoms. The van der Waals surface area contributed by atoms with E-state index in [-0.39, 0.29) is 5.56 Å². The maximum absolute atomic E-state index is 13.9. The van der Waals surface area contributed by atoms with Crippen molar-refractivity contribution in [3.63, 3.8) is 0 Å². The summed E-state index contributed by atoms with van der Waals surface area (Å²) in [5, 5.41) is 9.26. The van der Waals surface area contributed by atoms with Gasteiger partial charge in [-0.25, -0.2) is 8.96 Å². The second kappa shape index (κ2) is 6.49. The van der Waals surface area contributed by atoms with Gasteiger partial charge >= 0.3 is 0 Å². The standard InChI is InChI=1S/C22H20FN2/c1-14-8-9-18(17-10-11-20(23)19(13-24)15(17)2)16(3)22(14)21-7-5-6-12-25(21)4/h5-12H,1-4H3/q+1. The third-order valence-electron chi connectivity index (χ3n) is 4.80. The van der Waals surface area contributed by atoms with Crippen molar-refractivity contribution in [2.24, 2.45) is 7.05 Å². The highest BCUT2D eigenvalue weighted by Crippen LogP contribution is 2.35. The lowest BCUT2D eigenvalue weighted by atomic mass is 9.88. The second-order valence-corrected chi connectivity index (χ2v) is 6.33. The molecule has 0 spiro atoms. The first-order chi connectivity index (χ1) is 12.0. The molecule has 0 aliphatic carbocycles. The quantitative estimate of drug-likeness (QED) is 0.621. The molecule has 3 rings (SSSR count). The fraction of sp³-hybridized carbons (Fsp3) is 0.182. The molecule has 0 aliphatic heterocycles. The molecule has 3 aromatic rings. The van der Waals surface area contributed by atoms with Crippen LogP contribution in [-0.4, -0.2) is 0 Å². The van der Waals surface area contributed by atoms with E-state index in [1.807, 2.05) is 31.4 Å². The average Bonchev–Trinajstić information content (AvgIpc) is 2.58. The molecule has 2 aromatic carbocycles. The zero-order valence-corrected chi connectivity index (χ0v) is 14.9. The summed E-state index contributed by atoms with van der Waals surface area (Å²) in [6, 6.07) is 15.4. The predicted octanol–water partition coefficient (Wildman–Crippen LogP) is 4.78. The number of hydrogen-bond acceptors (Lipinski definition) is 1. The smallest absolute Gasteiger partial charge is 0.206 e. The molecule has 0 radical (unpaired) electrons. The Bertz CT molecular complexity index is 1010. The number of nitrogens with zero attached hydrogens (tertiary/aromatic N) is 2. The Labute approximate surface area is 147 Å². The highest BCUT2D eigenvalue weighted by Gasteiger charge is 2.19. The van der Waals surface area contributed by atoms with Gasteiger partial charge in [-0.05, 0) is 60.7 Å². The van der Waals surface area contributed by atoms with Gasteiger partial charge in [-0.1, -0.05) is 18.2 Å². The molecule has 0 amide bonds. The Kier molecular flexibility index (Phi) is 4.37. The first kappa shape index (κ1) is 16.9. The van der Waals surface area contributed by atoms with Crippen LogP contribution < -0.4 is 4.57 Å². The molecule has 0 bridgehead atoms. The lowest BCUT2D eigenvalue weighted by molar-refractivity contribution is -0.660. The molecule has 0 unspecified atom stereocenters. The van der Waals surface area contributed by atoms with Crippen molar-refractivity contribution in [3.8, 4) is 28.5 Å². The lowest BCUT2D eigenvalue weighted by Gasteiger charge is -2.15. The van der Waals surface area contributed by atoms with E-state index in [4.69, 9.17) is 0 Å². The molecule has 124 valence electrons. The Morgan fingerprint density at radius 1 is 0.920 bits per heavy atom. The van der Waals surface area contributed by atoms with Crippen molar-refractivity contribution in [1.29, 1.82) is 5.26 Å². The van der Waals surface area contributed by atoms with Gasteiger partial charge in [0.1, 0.15) is 18.9 Å². The molecule has 1 aromatic heterocycles. The third-order valence-corrected chi connectivity index (χ3v) is 4.80. The van der Waals surface area contributed by atoms with E-state index in [0.717, 1.165) is 22.4 Å². The summed E-state index contributed by atoms with van der Waals surface area (Å²) >= 11 is 0. The van der Waals surface area contributed by atoms with Crippen LogP contribution >= 0.6 is 0 Å². The van der Waals surface area contributed by atoms with Gasteiger partial charge in [-0.15, -0.1) is 0 Å². The van der Waals surface area contributed by atoms with Gasteiger partial charge in [-0.2, -0.15) is 5.26 Å². The number of halogens is 1. The summed E-state index contributed by atoms with van der Waals surface area (Å²) in [5.74, 6) is -0.469. The van der Waals surface area contributed by atoms with Crippen LogP contribution in [-0.2, 0) is 7.05 Å². The summed E-state index contributed by atoms with van der Waals surface area (Å²) in [6.07, 6.45) is 2.03. The highest BCUT2D eigenvalue weighted by atomic mass is 19.1. The van der Waals surface area contributed by atoms with Gasteiger partial charge in [0.15, 0.2) is 6.20 Å². The second-order valence-electron chi connectivity index (χ2n) is 6.33. The van der Waals surface area contributed by atoms with E-state index >= 15 is 0 Å². The van der Waals surface area contributed by atoms with Crippen LogP contribution in [0.3, 0.4) is 0 Å². The minimum atomic E-state index is -0.469. The van der Waals surface area contributed by atoms with Crippen LogP contribution in [0.4, 0.5) is 4.39 Å². The van der Waals surface area contributed by atoms with Gasteiger partial charge < -0.3 is 0 Å². The van der Waals surface area contributed by atoms with E-state index in [2.05, 4.69) is 36.6 Å². The van der Waals surface area contributed by atoms with Crippen LogP contribution in [0.5, 0.6) is 0 Å². The van der Waals surface area contributed by atoms with Crippen LogP contribution in [0, 0.1) is 37.9 Å². The summed E-state index contributed by atoms with van der Waals surface area (Å²) < 4.78 is 16.0. The summed E-state index contributed by atoms with van der Waals surface area (Å²) in [4.78, 5) is 0. The zero-order valence-electron chi connectivity index (χ0n) is 14.9. The number of rotatable bonds is 2. The Morgan fingerprint density at radius 2 is 1.60 bits per heavy atom. The maximum Gasteiger partial charge on any atom is 0.212 e. The average molecular weight is 331 g/mol. The SMILES string of the molecule is Cc1ccc(-c2ccc(F)c(C#N)c2C)c(C)c1-c1cccc[n+]1C. The fourth-order valence-corrected chi connectivity index (χ4v) is 3.42. The monoisotopic (exact) mass is 331 g/mol. The van der Waals surface area contributed by atoms with Gasteiger partial charge in [0, 0.05) is 12.1 Å². The number of pyridine rings is 1. The Balaban J connectivity index is 2.30. The maximum atomic E-state index is 13.9. The van der Waals surface area contributed by atoms with Crippen molar-refractivity contribution in [2.75, 3.05) is 0 Å². The van der Waals surface area contributed by atoms with Crippen LogP contribution in [0.25, 0.3) is 22.4 Å². The molecule has 0 atom stereocenters. The predicted molar refractivity (Wildman–Crippen MR) is 97.4 cm³/mol. The number of nitriles is 1. The number of aryl methyl sites for hydroxylation is 2. The molecular weight excluding hydrogens is 311 g/mol. The van der Waals surface area contributed by atoms with Crippen LogP contribution in [0.15, 0.2) is 48.7 Å².